The Labute approximate surface area is 182 Å². The van der Waals surface area contributed by atoms with Crippen molar-refractivity contribution in [3.63, 3.8) is 0 Å². The molecular formula is C22H24N3O7+. The van der Waals surface area contributed by atoms with Crippen LogP contribution in [-0.2, 0) is 11.8 Å². The number of aliphatic hydroxyl groups excluding tert-OH is 3. The van der Waals surface area contributed by atoms with Crippen molar-refractivity contribution in [1.82, 2.24) is 9.88 Å². The van der Waals surface area contributed by atoms with Gasteiger partial charge in [0.25, 0.3) is 5.91 Å². The summed E-state index contributed by atoms with van der Waals surface area (Å²) in [5.74, 6) is -0.593. The van der Waals surface area contributed by atoms with Crippen LogP contribution in [0.15, 0.2) is 48.7 Å². The van der Waals surface area contributed by atoms with E-state index in [-0.39, 0.29) is 29.2 Å². The van der Waals surface area contributed by atoms with Crippen molar-refractivity contribution < 1.29 is 40.5 Å². The van der Waals surface area contributed by atoms with Crippen molar-refractivity contribution in [3.8, 4) is 5.75 Å². The van der Waals surface area contributed by atoms with E-state index >= 15 is 0 Å². The topological polar surface area (TPSA) is 149 Å². The molecule has 1 aromatic heterocycles. The maximum absolute atomic E-state index is 12.9. The first-order valence-corrected chi connectivity index (χ1v) is 9.91. The SMILES string of the molecule is Cn1cc(C2=C(c3cccc(OCC(O)CO)c3[NH+](O)O)C(=O)NC2O)c2ccccc21. The number of para-hydroxylation sites is 2. The van der Waals surface area contributed by atoms with Gasteiger partial charge in [0, 0.05) is 35.3 Å². The van der Waals surface area contributed by atoms with Gasteiger partial charge in [-0.1, -0.05) is 24.3 Å². The molecule has 0 saturated heterocycles. The van der Waals surface area contributed by atoms with E-state index in [1.165, 1.54) is 12.1 Å². The number of hydrogen-bond donors (Lipinski definition) is 7. The van der Waals surface area contributed by atoms with Gasteiger partial charge >= 0.3 is 0 Å². The Morgan fingerprint density at radius 2 is 1.91 bits per heavy atom. The molecule has 0 spiro atoms. The summed E-state index contributed by atoms with van der Waals surface area (Å²) in [6.45, 7) is -0.834. The zero-order chi connectivity index (χ0) is 23.0. The summed E-state index contributed by atoms with van der Waals surface area (Å²) in [4.78, 5) is 12.9. The molecule has 1 aliphatic heterocycles. The first-order valence-electron chi connectivity index (χ1n) is 9.91. The van der Waals surface area contributed by atoms with Gasteiger partial charge in [0.2, 0.25) is 5.69 Å². The number of carbonyl (C=O) groups is 1. The fourth-order valence-corrected chi connectivity index (χ4v) is 3.96. The Morgan fingerprint density at radius 1 is 1.16 bits per heavy atom. The van der Waals surface area contributed by atoms with E-state index in [1.54, 1.807) is 12.3 Å². The molecule has 7 N–H and O–H groups in total. The van der Waals surface area contributed by atoms with Crippen LogP contribution in [0.5, 0.6) is 5.75 Å². The molecule has 2 unspecified atom stereocenters. The second kappa shape index (κ2) is 8.71. The lowest BCUT2D eigenvalue weighted by Crippen LogP contribution is -3.02. The molecule has 32 heavy (non-hydrogen) atoms. The maximum Gasteiger partial charge on any atom is 0.254 e. The molecule has 3 aromatic rings. The summed E-state index contributed by atoms with van der Waals surface area (Å²) in [6, 6.07) is 12.0. The molecule has 1 amide bonds. The number of benzene rings is 2. The molecule has 10 heteroatoms. The average molecular weight is 442 g/mol. The minimum absolute atomic E-state index is 0.00559. The van der Waals surface area contributed by atoms with Crippen molar-refractivity contribution in [1.29, 1.82) is 0 Å². The van der Waals surface area contributed by atoms with Crippen molar-refractivity contribution in [2.45, 2.75) is 12.3 Å². The highest BCUT2D eigenvalue weighted by Gasteiger charge is 2.37. The van der Waals surface area contributed by atoms with Crippen LogP contribution in [0.2, 0.25) is 0 Å². The third-order valence-corrected chi connectivity index (χ3v) is 5.39. The predicted molar refractivity (Wildman–Crippen MR) is 113 cm³/mol. The number of carbonyl (C=O) groups excluding carboxylic acids is 1. The van der Waals surface area contributed by atoms with Crippen LogP contribution >= 0.6 is 0 Å². The Balaban J connectivity index is 1.93. The number of quaternary nitrogens is 1. The molecular weight excluding hydrogens is 418 g/mol. The van der Waals surface area contributed by atoms with Gasteiger partial charge in [0.05, 0.1) is 17.7 Å². The summed E-state index contributed by atoms with van der Waals surface area (Å²) in [5.41, 5.74) is 1.84. The van der Waals surface area contributed by atoms with Gasteiger partial charge in [0.15, 0.2) is 12.0 Å². The Bertz CT molecular complexity index is 1200. The molecule has 168 valence electrons. The van der Waals surface area contributed by atoms with Crippen molar-refractivity contribution in [2.75, 3.05) is 13.2 Å². The Kier molecular flexibility index (Phi) is 5.98. The van der Waals surface area contributed by atoms with Gasteiger partial charge < -0.3 is 29.9 Å². The van der Waals surface area contributed by atoms with E-state index < -0.39 is 30.1 Å². The number of hydrogen-bond acceptors (Lipinski definition) is 7. The minimum Gasteiger partial charge on any atom is -0.484 e. The highest BCUT2D eigenvalue weighted by atomic mass is 16.8. The Hall–Kier alpha value is -3.25. The molecule has 0 aliphatic carbocycles. The summed E-state index contributed by atoms with van der Waals surface area (Å²) in [5, 5.41) is 51.5. The average Bonchev–Trinajstić information content (AvgIpc) is 3.26. The van der Waals surface area contributed by atoms with Crippen LogP contribution in [0.1, 0.15) is 11.1 Å². The van der Waals surface area contributed by atoms with Gasteiger partial charge in [-0.3, -0.25) is 4.79 Å². The van der Waals surface area contributed by atoms with Crippen molar-refractivity contribution >= 4 is 33.6 Å². The molecule has 1 aliphatic rings. The Morgan fingerprint density at radius 3 is 2.62 bits per heavy atom. The number of aryl methyl sites for hydroxylation is 1. The van der Waals surface area contributed by atoms with Crippen LogP contribution in [0, 0.1) is 0 Å². The van der Waals surface area contributed by atoms with Gasteiger partial charge in [-0.15, -0.1) is 0 Å². The van der Waals surface area contributed by atoms with E-state index in [4.69, 9.17) is 9.84 Å². The number of ether oxygens (including phenoxy) is 1. The van der Waals surface area contributed by atoms with Crippen LogP contribution in [0.25, 0.3) is 22.0 Å². The molecule has 0 saturated carbocycles. The standard InChI is InChI=1S/C22H23N3O7/c1-24-9-15(13-5-2-3-7-16(13)24)19-18(21(28)23-22(19)29)14-6-4-8-17(20(14)25(30)31)32-11-12(27)10-26/h2-9,12,22,26-27,29-31H,10-11H2,1H3,(H,23,28)/p+1. The second-order valence-electron chi connectivity index (χ2n) is 7.49. The maximum atomic E-state index is 12.9. The lowest BCUT2D eigenvalue weighted by atomic mass is 9.94. The molecule has 2 heterocycles. The zero-order valence-electron chi connectivity index (χ0n) is 17.2. The lowest BCUT2D eigenvalue weighted by Gasteiger charge is -2.16. The fourth-order valence-electron chi connectivity index (χ4n) is 3.96. The van der Waals surface area contributed by atoms with Gasteiger partial charge in [-0.05, 0) is 23.4 Å². The number of nitrogens with zero attached hydrogens (tertiary/aromatic N) is 1. The number of amides is 1. The van der Waals surface area contributed by atoms with E-state index in [0.29, 0.717) is 11.1 Å². The first-order chi connectivity index (χ1) is 15.3. The predicted octanol–water partition coefficient (Wildman–Crippen LogP) is -0.436. The molecule has 0 fully saturated rings. The van der Waals surface area contributed by atoms with E-state index in [9.17, 15) is 25.4 Å². The highest BCUT2D eigenvalue weighted by molar-refractivity contribution is 6.32. The third kappa shape index (κ3) is 3.75. The van der Waals surface area contributed by atoms with Gasteiger partial charge in [-0.25, -0.2) is 0 Å². The monoisotopic (exact) mass is 442 g/mol. The first kappa shape index (κ1) is 22.0. The number of rotatable bonds is 7. The fraction of sp³-hybridized carbons (Fsp3) is 0.227. The third-order valence-electron chi connectivity index (χ3n) is 5.39. The van der Waals surface area contributed by atoms with Gasteiger partial charge in [-0.2, -0.15) is 10.4 Å². The minimum atomic E-state index is -1.31. The van der Waals surface area contributed by atoms with Crippen LogP contribution in [0.3, 0.4) is 0 Å². The van der Waals surface area contributed by atoms with E-state index in [0.717, 1.165) is 10.9 Å². The summed E-state index contributed by atoms with van der Waals surface area (Å²) < 4.78 is 7.33. The molecule has 2 atom stereocenters. The second-order valence-corrected chi connectivity index (χ2v) is 7.49. The van der Waals surface area contributed by atoms with E-state index in [2.05, 4.69) is 5.32 Å². The van der Waals surface area contributed by atoms with Crippen LogP contribution < -0.4 is 15.3 Å². The zero-order valence-corrected chi connectivity index (χ0v) is 17.2. The van der Waals surface area contributed by atoms with Gasteiger partial charge in [0.1, 0.15) is 12.7 Å². The summed E-state index contributed by atoms with van der Waals surface area (Å²) in [7, 11) is 1.85. The number of nitrogens with one attached hydrogen (secondary N) is 2. The quantitative estimate of drug-likeness (QED) is 0.245. The normalized spacial score (nSPS) is 17.3. The summed E-state index contributed by atoms with van der Waals surface area (Å²) >= 11 is 0. The van der Waals surface area contributed by atoms with Crippen molar-refractivity contribution in [3.05, 3.63) is 59.8 Å². The van der Waals surface area contributed by atoms with Crippen molar-refractivity contribution in [2.24, 2.45) is 7.05 Å². The largest absolute Gasteiger partial charge is 0.484 e. The highest BCUT2D eigenvalue weighted by Crippen LogP contribution is 2.40. The number of fused-ring (bicyclic) bond motifs is 1. The molecule has 0 radical (unpaired) electrons. The van der Waals surface area contributed by atoms with Crippen LogP contribution in [0.4, 0.5) is 5.69 Å². The summed E-state index contributed by atoms with van der Waals surface area (Å²) in [6.07, 6.45) is -0.684. The number of aromatic nitrogens is 1. The van der Waals surface area contributed by atoms with E-state index in [1.807, 2.05) is 35.9 Å². The molecule has 0 bridgehead atoms. The molecule has 4 rings (SSSR count). The molecule has 10 nitrogen and oxygen atoms in total. The number of aliphatic hydroxyl groups is 3. The van der Waals surface area contributed by atoms with Crippen LogP contribution in [-0.4, -0.2) is 61.8 Å². The molecule has 2 aromatic carbocycles. The smallest absolute Gasteiger partial charge is 0.254 e. The lowest BCUT2D eigenvalue weighted by molar-refractivity contribution is -1.19.